The molecule has 1 aliphatic rings. The summed E-state index contributed by atoms with van der Waals surface area (Å²) in [6.45, 7) is 7.64. The fourth-order valence-electron chi connectivity index (χ4n) is 2.51. The van der Waals surface area contributed by atoms with Crippen LogP contribution in [0.5, 0.6) is 0 Å². The second-order valence-electron chi connectivity index (χ2n) is 5.27. The number of nitrogens with zero attached hydrogens (tertiary/aromatic N) is 1. The van der Waals surface area contributed by atoms with Crippen LogP contribution in [-0.2, 0) is 0 Å². The molecule has 1 atom stereocenters. The summed E-state index contributed by atoms with van der Waals surface area (Å²) in [5, 5.41) is 3.25. The van der Waals surface area contributed by atoms with Gasteiger partial charge in [-0.3, -0.25) is 4.90 Å². The van der Waals surface area contributed by atoms with Crippen LogP contribution in [0.2, 0.25) is 0 Å². The van der Waals surface area contributed by atoms with Crippen LogP contribution in [0.1, 0.15) is 25.5 Å². The predicted molar refractivity (Wildman–Crippen MR) is 68.4 cm³/mol. The lowest BCUT2D eigenvalue weighted by atomic mass is 10.0. The van der Waals surface area contributed by atoms with E-state index in [1.807, 2.05) is 0 Å². The zero-order chi connectivity index (χ0) is 13.1. The van der Waals surface area contributed by atoms with Crippen LogP contribution in [0.4, 0.5) is 8.78 Å². The second kappa shape index (κ2) is 5.76. The molecule has 0 aromatic heterocycles. The minimum absolute atomic E-state index is 0.0724. The van der Waals surface area contributed by atoms with E-state index in [9.17, 15) is 8.78 Å². The molecule has 1 unspecified atom stereocenters. The number of rotatable bonds is 3. The molecule has 2 nitrogen and oxygen atoms in total. The maximum absolute atomic E-state index is 13.8. The van der Waals surface area contributed by atoms with Gasteiger partial charge in [0.15, 0.2) is 0 Å². The average Bonchev–Trinajstić information content (AvgIpc) is 2.32. The summed E-state index contributed by atoms with van der Waals surface area (Å²) in [6.07, 6.45) is 0. The van der Waals surface area contributed by atoms with Crippen LogP contribution in [0.3, 0.4) is 0 Å². The van der Waals surface area contributed by atoms with Gasteiger partial charge < -0.3 is 5.32 Å². The first-order valence-corrected chi connectivity index (χ1v) is 6.47. The molecular formula is C14H20F2N2. The molecule has 1 aromatic carbocycles. The second-order valence-corrected chi connectivity index (χ2v) is 5.27. The van der Waals surface area contributed by atoms with Gasteiger partial charge in [-0.1, -0.05) is 13.8 Å². The molecule has 0 aliphatic carbocycles. The molecule has 0 radical (unpaired) electrons. The Balaban J connectivity index is 2.24. The number of benzene rings is 1. The molecule has 4 heteroatoms. The summed E-state index contributed by atoms with van der Waals surface area (Å²) in [5.74, 6) is -0.178. The predicted octanol–water partition coefficient (Wildman–Crippen LogP) is 2.57. The quantitative estimate of drug-likeness (QED) is 0.892. The summed E-state index contributed by atoms with van der Waals surface area (Å²) in [5.41, 5.74) is 0.461. The van der Waals surface area contributed by atoms with E-state index in [1.165, 1.54) is 18.2 Å². The summed E-state index contributed by atoms with van der Waals surface area (Å²) >= 11 is 0. The van der Waals surface area contributed by atoms with E-state index in [1.54, 1.807) is 0 Å². The molecule has 1 fully saturated rings. The Morgan fingerprint density at radius 3 is 2.89 bits per heavy atom. The van der Waals surface area contributed by atoms with Gasteiger partial charge in [0.1, 0.15) is 11.6 Å². The van der Waals surface area contributed by atoms with Gasteiger partial charge in [0.25, 0.3) is 0 Å². The highest BCUT2D eigenvalue weighted by Gasteiger charge is 2.26. The van der Waals surface area contributed by atoms with Crippen molar-refractivity contribution >= 4 is 0 Å². The molecule has 0 spiro atoms. The van der Waals surface area contributed by atoms with Gasteiger partial charge in [0.05, 0.1) is 6.04 Å². The van der Waals surface area contributed by atoms with Gasteiger partial charge >= 0.3 is 0 Å². The molecule has 18 heavy (non-hydrogen) atoms. The van der Waals surface area contributed by atoms with Gasteiger partial charge in [-0.2, -0.15) is 0 Å². The van der Waals surface area contributed by atoms with Crippen molar-refractivity contribution in [1.82, 2.24) is 10.2 Å². The molecule has 1 aromatic rings. The van der Waals surface area contributed by atoms with Crippen molar-refractivity contribution in [3.8, 4) is 0 Å². The summed E-state index contributed by atoms with van der Waals surface area (Å²) < 4.78 is 27.1. The van der Waals surface area contributed by atoms with E-state index in [-0.39, 0.29) is 17.7 Å². The first kappa shape index (κ1) is 13.4. The number of halogens is 2. The molecule has 1 saturated heterocycles. The van der Waals surface area contributed by atoms with E-state index in [4.69, 9.17) is 0 Å². The van der Waals surface area contributed by atoms with E-state index in [2.05, 4.69) is 24.1 Å². The molecule has 2 rings (SSSR count). The minimum atomic E-state index is -0.374. The highest BCUT2D eigenvalue weighted by Crippen LogP contribution is 2.26. The number of hydrogen-bond donors (Lipinski definition) is 1. The Morgan fingerprint density at radius 2 is 2.17 bits per heavy atom. The first-order valence-electron chi connectivity index (χ1n) is 6.47. The largest absolute Gasteiger partial charge is 0.314 e. The molecular weight excluding hydrogens is 234 g/mol. The lowest BCUT2D eigenvalue weighted by Gasteiger charge is -2.37. The van der Waals surface area contributed by atoms with Gasteiger partial charge in [0, 0.05) is 31.7 Å². The molecule has 1 N–H and O–H groups in total. The fraction of sp³-hybridized carbons (Fsp3) is 0.571. The third-order valence-corrected chi connectivity index (χ3v) is 3.27. The Kier molecular flexibility index (Phi) is 4.30. The Hall–Kier alpha value is -1.00. The van der Waals surface area contributed by atoms with Crippen molar-refractivity contribution in [3.05, 3.63) is 35.4 Å². The van der Waals surface area contributed by atoms with Crippen LogP contribution >= 0.6 is 0 Å². The molecule has 0 saturated carbocycles. The zero-order valence-electron chi connectivity index (χ0n) is 10.9. The molecule has 0 bridgehead atoms. The fourth-order valence-corrected chi connectivity index (χ4v) is 2.51. The van der Waals surface area contributed by atoms with E-state index in [0.717, 1.165) is 19.6 Å². The lowest BCUT2D eigenvalue weighted by molar-refractivity contribution is 0.141. The van der Waals surface area contributed by atoms with Gasteiger partial charge in [0.2, 0.25) is 0 Å². The Labute approximate surface area is 107 Å². The summed E-state index contributed by atoms with van der Waals surface area (Å²) in [7, 11) is 0. The topological polar surface area (TPSA) is 15.3 Å². The average molecular weight is 254 g/mol. The van der Waals surface area contributed by atoms with E-state index < -0.39 is 0 Å². The van der Waals surface area contributed by atoms with Crippen LogP contribution in [-0.4, -0.2) is 31.1 Å². The highest BCUT2D eigenvalue weighted by atomic mass is 19.1. The SMILES string of the molecule is CC(C)CN1CCNCC1c1cc(F)ccc1F. The molecule has 0 amide bonds. The third-order valence-electron chi connectivity index (χ3n) is 3.27. The summed E-state index contributed by atoms with van der Waals surface area (Å²) in [6, 6.07) is 3.63. The van der Waals surface area contributed by atoms with Crippen molar-refractivity contribution in [2.24, 2.45) is 5.92 Å². The molecule has 1 heterocycles. The zero-order valence-corrected chi connectivity index (χ0v) is 10.9. The van der Waals surface area contributed by atoms with Crippen molar-refractivity contribution in [2.45, 2.75) is 19.9 Å². The van der Waals surface area contributed by atoms with Gasteiger partial charge in [-0.05, 0) is 24.1 Å². The van der Waals surface area contributed by atoms with Crippen molar-refractivity contribution in [1.29, 1.82) is 0 Å². The Morgan fingerprint density at radius 1 is 1.39 bits per heavy atom. The lowest BCUT2D eigenvalue weighted by Crippen LogP contribution is -2.47. The van der Waals surface area contributed by atoms with Gasteiger partial charge in [-0.25, -0.2) is 8.78 Å². The van der Waals surface area contributed by atoms with Crippen LogP contribution in [0.15, 0.2) is 18.2 Å². The smallest absolute Gasteiger partial charge is 0.128 e. The summed E-state index contributed by atoms with van der Waals surface area (Å²) in [4.78, 5) is 2.24. The van der Waals surface area contributed by atoms with Crippen molar-refractivity contribution in [3.63, 3.8) is 0 Å². The van der Waals surface area contributed by atoms with Crippen molar-refractivity contribution < 1.29 is 8.78 Å². The van der Waals surface area contributed by atoms with E-state index in [0.29, 0.717) is 18.0 Å². The normalized spacial score (nSPS) is 21.5. The molecule has 100 valence electrons. The van der Waals surface area contributed by atoms with Crippen LogP contribution in [0.25, 0.3) is 0 Å². The van der Waals surface area contributed by atoms with E-state index >= 15 is 0 Å². The maximum atomic E-state index is 13.8. The highest BCUT2D eigenvalue weighted by molar-refractivity contribution is 5.23. The molecule has 1 aliphatic heterocycles. The number of piperazine rings is 1. The first-order chi connectivity index (χ1) is 8.58. The van der Waals surface area contributed by atoms with Crippen LogP contribution < -0.4 is 5.32 Å². The van der Waals surface area contributed by atoms with Gasteiger partial charge in [-0.15, -0.1) is 0 Å². The minimum Gasteiger partial charge on any atom is -0.314 e. The monoisotopic (exact) mass is 254 g/mol. The standard InChI is InChI=1S/C14H20F2N2/c1-10(2)9-18-6-5-17-8-14(18)12-7-11(15)3-4-13(12)16/h3-4,7,10,14,17H,5-6,8-9H2,1-2H3. The third kappa shape index (κ3) is 3.06. The number of hydrogen-bond acceptors (Lipinski definition) is 2. The number of nitrogens with one attached hydrogen (secondary N) is 1. The Bertz CT molecular complexity index is 407. The maximum Gasteiger partial charge on any atom is 0.128 e. The van der Waals surface area contributed by atoms with Crippen molar-refractivity contribution in [2.75, 3.05) is 26.2 Å². The van der Waals surface area contributed by atoms with Crippen LogP contribution in [0, 0.1) is 17.6 Å².